The van der Waals surface area contributed by atoms with E-state index in [1.54, 1.807) is 19.1 Å². The van der Waals surface area contributed by atoms with E-state index in [-0.39, 0.29) is 25.7 Å². The Bertz CT molecular complexity index is 1100. The minimum atomic E-state index is -0.914. The molecule has 0 unspecified atom stereocenters. The van der Waals surface area contributed by atoms with Gasteiger partial charge in [-0.15, -0.1) is 0 Å². The number of fused-ring (bicyclic) bond motifs is 4. The number of carbonyl (C=O) groups is 1. The molecule has 1 aromatic carbocycles. The highest BCUT2D eigenvalue weighted by atomic mass is 16.5. The molecule has 178 valence electrons. The van der Waals surface area contributed by atoms with Crippen molar-refractivity contribution in [1.82, 2.24) is 10.4 Å². The second-order valence-electron chi connectivity index (χ2n) is 9.05. The molecule has 3 N–H and O–H groups in total. The zero-order chi connectivity index (χ0) is 23.6. The number of H-pyrrole nitrogens is 1. The highest BCUT2D eigenvalue weighted by Crippen LogP contribution is 2.45. The molecule has 8 nitrogen and oxygen atoms in total. The lowest BCUT2D eigenvalue weighted by Crippen LogP contribution is -2.47. The SMILES string of the molecule is COCC1(COC)C(=O)N(CCCO)c2cc3c4c([nH]c3cc21)/C(C)=N/N/C=C(\C)CCC4. The normalized spacial score (nSPS) is 21.1. The van der Waals surface area contributed by atoms with Crippen LogP contribution in [0.4, 0.5) is 5.69 Å². The summed E-state index contributed by atoms with van der Waals surface area (Å²) in [6.07, 6.45) is 5.40. The van der Waals surface area contributed by atoms with Crippen molar-refractivity contribution >= 4 is 28.2 Å². The number of hydrazone groups is 1. The van der Waals surface area contributed by atoms with E-state index in [0.717, 1.165) is 52.8 Å². The highest BCUT2D eigenvalue weighted by Gasteiger charge is 2.51. The number of aliphatic hydroxyl groups is 1. The molecule has 8 heteroatoms. The van der Waals surface area contributed by atoms with Gasteiger partial charge in [0.25, 0.3) is 0 Å². The van der Waals surface area contributed by atoms with E-state index in [1.807, 2.05) is 13.1 Å². The van der Waals surface area contributed by atoms with Gasteiger partial charge < -0.3 is 24.5 Å². The summed E-state index contributed by atoms with van der Waals surface area (Å²) in [5, 5.41) is 15.1. The molecule has 0 atom stereocenters. The first-order valence-electron chi connectivity index (χ1n) is 11.5. The van der Waals surface area contributed by atoms with E-state index < -0.39 is 5.41 Å². The number of nitrogens with zero attached hydrogens (tertiary/aromatic N) is 2. The predicted molar refractivity (Wildman–Crippen MR) is 130 cm³/mol. The molecule has 1 amide bonds. The average molecular weight is 455 g/mol. The minimum absolute atomic E-state index is 0.0258. The number of hydrogen-bond donors (Lipinski definition) is 3. The van der Waals surface area contributed by atoms with Crippen molar-refractivity contribution in [2.45, 2.75) is 44.9 Å². The number of aromatic nitrogens is 1. The molecule has 0 saturated heterocycles. The molecule has 0 saturated carbocycles. The Morgan fingerprint density at radius 3 is 2.64 bits per heavy atom. The largest absolute Gasteiger partial charge is 0.396 e. The zero-order valence-electron chi connectivity index (χ0n) is 20.0. The number of anilines is 1. The molecule has 2 aliphatic rings. The van der Waals surface area contributed by atoms with Gasteiger partial charge in [0, 0.05) is 50.2 Å². The molecular formula is C25H34N4O4. The second kappa shape index (κ2) is 9.67. The molecule has 0 radical (unpaired) electrons. The van der Waals surface area contributed by atoms with Crippen LogP contribution in [0.5, 0.6) is 0 Å². The third-order valence-electron chi connectivity index (χ3n) is 6.71. The fourth-order valence-electron chi connectivity index (χ4n) is 5.12. The predicted octanol–water partition coefficient (Wildman–Crippen LogP) is 2.98. The number of amides is 1. The van der Waals surface area contributed by atoms with Crippen molar-refractivity contribution in [3.05, 3.63) is 40.7 Å². The number of allylic oxidation sites excluding steroid dienone is 1. The number of carbonyl (C=O) groups excluding carboxylic acids is 1. The summed E-state index contributed by atoms with van der Waals surface area (Å²) in [5.41, 5.74) is 9.29. The highest BCUT2D eigenvalue weighted by molar-refractivity contribution is 6.12. The van der Waals surface area contributed by atoms with E-state index >= 15 is 0 Å². The number of benzene rings is 1. The molecule has 0 aliphatic carbocycles. The lowest BCUT2D eigenvalue weighted by Gasteiger charge is -2.27. The fourth-order valence-corrected chi connectivity index (χ4v) is 5.12. The monoisotopic (exact) mass is 454 g/mol. The first-order valence-corrected chi connectivity index (χ1v) is 11.5. The minimum Gasteiger partial charge on any atom is -0.396 e. The Morgan fingerprint density at radius 2 is 1.94 bits per heavy atom. The van der Waals surface area contributed by atoms with E-state index in [0.29, 0.717) is 13.0 Å². The number of hydrogen-bond acceptors (Lipinski definition) is 6. The lowest BCUT2D eigenvalue weighted by molar-refractivity contribution is -0.127. The van der Waals surface area contributed by atoms with Crippen LogP contribution in [0, 0.1) is 0 Å². The topological polar surface area (TPSA) is 99.2 Å². The number of aromatic amines is 1. The molecule has 2 aliphatic heterocycles. The molecule has 0 spiro atoms. The number of methoxy groups -OCH3 is 2. The van der Waals surface area contributed by atoms with Gasteiger partial charge in [-0.25, -0.2) is 0 Å². The average Bonchev–Trinajstić information content (AvgIpc) is 3.25. The summed E-state index contributed by atoms with van der Waals surface area (Å²) in [6.45, 7) is 5.03. The van der Waals surface area contributed by atoms with Crippen LogP contribution >= 0.6 is 0 Å². The van der Waals surface area contributed by atoms with Crippen molar-refractivity contribution in [2.24, 2.45) is 5.10 Å². The summed E-state index contributed by atoms with van der Waals surface area (Å²) in [4.78, 5) is 19.0. The zero-order valence-corrected chi connectivity index (χ0v) is 20.0. The first-order chi connectivity index (χ1) is 16.0. The molecule has 33 heavy (non-hydrogen) atoms. The van der Waals surface area contributed by atoms with E-state index in [9.17, 15) is 9.90 Å². The summed E-state index contributed by atoms with van der Waals surface area (Å²) < 4.78 is 11.0. The van der Waals surface area contributed by atoms with Crippen LogP contribution in [-0.2, 0) is 26.1 Å². The first kappa shape index (κ1) is 23.5. The Morgan fingerprint density at radius 1 is 1.18 bits per heavy atom. The Kier molecular flexibility index (Phi) is 6.88. The van der Waals surface area contributed by atoms with Crippen LogP contribution in [0.1, 0.15) is 49.9 Å². The summed E-state index contributed by atoms with van der Waals surface area (Å²) >= 11 is 0. The van der Waals surface area contributed by atoms with Gasteiger partial charge in [-0.2, -0.15) is 5.10 Å². The number of nitrogens with one attached hydrogen (secondary N) is 2. The number of rotatable bonds is 7. The van der Waals surface area contributed by atoms with Gasteiger partial charge in [0.2, 0.25) is 5.91 Å². The molecule has 2 aromatic rings. The number of aliphatic hydroxyl groups excluding tert-OH is 1. The summed E-state index contributed by atoms with van der Waals surface area (Å²) in [7, 11) is 3.21. The van der Waals surface area contributed by atoms with Crippen molar-refractivity contribution in [3.8, 4) is 0 Å². The lowest BCUT2D eigenvalue weighted by atomic mass is 9.82. The van der Waals surface area contributed by atoms with Crippen molar-refractivity contribution in [2.75, 3.05) is 45.5 Å². The van der Waals surface area contributed by atoms with Crippen LogP contribution < -0.4 is 10.3 Å². The fraction of sp³-hybridized carbons (Fsp3) is 0.520. The van der Waals surface area contributed by atoms with Gasteiger partial charge in [0.1, 0.15) is 5.41 Å². The van der Waals surface area contributed by atoms with Gasteiger partial charge in [-0.3, -0.25) is 10.2 Å². The van der Waals surface area contributed by atoms with Crippen LogP contribution in [0.15, 0.2) is 29.0 Å². The van der Waals surface area contributed by atoms with Crippen LogP contribution in [0.3, 0.4) is 0 Å². The molecule has 3 heterocycles. The van der Waals surface area contributed by atoms with Crippen LogP contribution in [-0.4, -0.2) is 62.3 Å². The smallest absolute Gasteiger partial charge is 0.242 e. The van der Waals surface area contributed by atoms with Crippen LogP contribution in [0.25, 0.3) is 10.9 Å². The molecular weight excluding hydrogens is 420 g/mol. The third kappa shape index (κ3) is 4.07. The Labute approximate surface area is 194 Å². The van der Waals surface area contributed by atoms with E-state index in [1.165, 1.54) is 11.1 Å². The maximum absolute atomic E-state index is 13.7. The second-order valence-corrected chi connectivity index (χ2v) is 9.05. The van der Waals surface area contributed by atoms with Crippen LogP contribution in [0.2, 0.25) is 0 Å². The summed E-state index contributed by atoms with van der Waals surface area (Å²) in [5.74, 6) is -0.0406. The summed E-state index contributed by atoms with van der Waals surface area (Å²) in [6, 6.07) is 4.20. The number of ether oxygens (including phenoxy) is 2. The van der Waals surface area contributed by atoms with Gasteiger partial charge in [0.05, 0.1) is 24.6 Å². The van der Waals surface area contributed by atoms with Gasteiger partial charge in [-0.1, -0.05) is 5.57 Å². The standard InChI is InChI=1S/C25H34N4O4/c1-16-7-5-8-18-19-11-22-20(12-21(19)27-23(18)17(2)28-26-13-16)25(14-32-3,15-33-4)24(31)29(22)9-6-10-30/h11-13,26-27,30H,5-10,14-15H2,1-4H3/b16-13+,28-17+. The van der Waals surface area contributed by atoms with Gasteiger partial charge >= 0.3 is 0 Å². The molecule has 0 bridgehead atoms. The van der Waals surface area contributed by atoms with Crippen molar-refractivity contribution in [3.63, 3.8) is 0 Å². The Balaban J connectivity index is 1.91. The maximum atomic E-state index is 13.7. The van der Waals surface area contributed by atoms with Crippen molar-refractivity contribution < 1.29 is 19.4 Å². The third-order valence-corrected chi connectivity index (χ3v) is 6.71. The van der Waals surface area contributed by atoms with Crippen molar-refractivity contribution in [1.29, 1.82) is 0 Å². The molecule has 1 aromatic heterocycles. The quantitative estimate of drug-likeness (QED) is 0.597. The van der Waals surface area contributed by atoms with Gasteiger partial charge in [0.15, 0.2) is 0 Å². The van der Waals surface area contributed by atoms with E-state index in [4.69, 9.17) is 9.47 Å². The molecule has 0 fully saturated rings. The van der Waals surface area contributed by atoms with E-state index in [2.05, 4.69) is 34.6 Å². The molecule has 4 rings (SSSR count). The Hall–Kier alpha value is -2.68. The van der Waals surface area contributed by atoms with Gasteiger partial charge in [-0.05, 0) is 62.8 Å². The number of aryl methyl sites for hydroxylation is 1. The maximum Gasteiger partial charge on any atom is 0.242 e.